The number of alkyl carbamates (subject to hydrolysis) is 1. The molecule has 0 radical (unpaired) electrons. The van der Waals surface area contributed by atoms with Crippen LogP contribution in [0.5, 0.6) is 0 Å². The van der Waals surface area contributed by atoms with Crippen LogP contribution in [0.3, 0.4) is 0 Å². The molecule has 0 aromatic rings. The lowest BCUT2D eigenvalue weighted by molar-refractivity contribution is 0.0527. The number of nitrogens with one attached hydrogen (secondary N) is 3. The van der Waals surface area contributed by atoms with Crippen LogP contribution in [-0.4, -0.2) is 44.3 Å². The van der Waals surface area contributed by atoms with Gasteiger partial charge in [-0.1, -0.05) is 0 Å². The van der Waals surface area contributed by atoms with Crippen LogP contribution in [0.2, 0.25) is 0 Å². The van der Waals surface area contributed by atoms with Crippen LogP contribution in [0.25, 0.3) is 0 Å². The fourth-order valence-electron chi connectivity index (χ4n) is 1.19. The summed E-state index contributed by atoms with van der Waals surface area (Å²) in [6.45, 7) is 9.69. The van der Waals surface area contributed by atoms with E-state index in [1.807, 2.05) is 27.7 Å². The van der Waals surface area contributed by atoms with E-state index in [1.165, 1.54) is 0 Å². The van der Waals surface area contributed by atoms with Crippen molar-refractivity contribution in [1.29, 1.82) is 0 Å². The maximum absolute atomic E-state index is 11.3. The second kappa shape index (κ2) is 8.60. The highest BCUT2D eigenvalue weighted by Gasteiger charge is 2.15. The van der Waals surface area contributed by atoms with Gasteiger partial charge >= 0.3 is 6.09 Å². The average molecular weight is 258 g/mol. The normalized spacial score (nSPS) is 11.9. The van der Waals surface area contributed by atoms with Crippen LogP contribution in [0, 0.1) is 0 Å². The van der Waals surface area contributed by atoms with E-state index < -0.39 is 5.60 Å². The number of aliphatic imine (C=N–C) groups is 1. The third kappa shape index (κ3) is 9.74. The standard InChI is InChI=1S/C12H26N4O2/c1-6-14-10(13-5)15-8-7-9-16-11(17)18-12(2,3)4/h6-9H2,1-5H3,(H,16,17)(H2,13,14,15). The molecule has 0 unspecified atom stereocenters. The Labute approximate surface area is 110 Å². The van der Waals surface area contributed by atoms with Crippen molar-refractivity contribution < 1.29 is 9.53 Å². The molecule has 0 aromatic heterocycles. The number of rotatable bonds is 5. The van der Waals surface area contributed by atoms with E-state index in [-0.39, 0.29) is 6.09 Å². The Balaban J connectivity index is 3.59. The fourth-order valence-corrected chi connectivity index (χ4v) is 1.19. The number of carbonyl (C=O) groups excluding carboxylic acids is 1. The van der Waals surface area contributed by atoms with Crippen molar-refractivity contribution in [3.8, 4) is 0 Å². The monoisotopic (exact) mass is 258 g/mol. The summed E-state index contributed by atoms with van der Waals surface area (Å²) in [6, 6.07) is 0. The number of ether oxygens (including phenoxy) is 1. The predicted molar refractivity (Wildman–Crippen MR) is 73.9 cm³/mol. The molecule has 0 aliphatic carbocycles. The fraction of sp³-hybridized carbons (Fsp3) is 0.833. The maximum Gasteiger partial charge on any atom is 0.407 e. The smallest absolute Gasteiger partial charge is 0.407 e. The van der Waals surface area contributed by atoms with E-state index in [0.717, 1.165) is 25.5 Å². The van der Waals surface area contributed by atoms with Gasteiger partial charge in [0.15, 0.2) is 5.96 Å². The van der Waals surface area contributed by atoms with Crippen molar-refractivity contribution in [2.75, 3.05) is 26.7 Å². The topological polar surface area (TPSA) is 74.8 Å². The van der Waals surface area contributed by atoms with Gasteiger partial charge in [-0.25, -0.2) is 4.79 Å². The van der Waals surface area contributed by atoms with Crippen LogP contribution in [0.15, 0.2) is 4.99 Å². The van der Waals surface area contributed by atoms with Gasteiger partial charge in [0.25, 0.3) is 0 Å². The molecule has 18 heavy (non-hydrogen) atoms. The van der Waals surface area contributed by atoms with Crippen molar-refractivity contribution >= 4 is 12.1 Å². The number of carbonyl (C=O) groups is 1. The third-order valence-corrected chi connectivity index (χ3v) is 1.88. The first-order valence-corrected chi connectivity index (χ1v) is 6.30. The highest BCUT2D eigenvalue weighted by Crippen LogP contribution is 2.06. The van der Waals surface area contributed by atoms with Gasteiger partial charge in [-0.3, -0.25) is 4.99 Å². The average Bonchev–Trinajstić information content (AvgIpc) is 2.24. The van der Waals surface area contributed by atoms with Gasteiger partial charge in [0.05, 0.1) is 0 Å². The summed E-state index contributed by atoms with van der Waals surface area (Å²) >= 11 is 0. The zero-order valence-corrected chi connectivity index (χ0v) is 12.1. The molecule has 0 aliphatic rings. The molecule has 0 aromatic carbocycles. The minimum absolute atomic E-state index is 0.376. The molecule has 6 nitrogen and oxygen atoms in total. The number of amides is 1. The summed E-state index contributed by atoms with van der Waals surface area (Å²) in [5, 5.41) is 8.93. The van der Waals surface area contributed by atoms with E-state index in [9.17, 15) is 4.79 Å². The number of nitrogens with zero attached hydrogens (tertiary/aromatic N) is 1. The van der Waals surface area contributed by atoms with Gasteiger partial charge in [0, 0.05) is 26.7 Å². The summed E-state index contributed by atoms with van der Waals surface area (Å²) < 4.78 is 5.12. The Morgan fingerprint density at radius 3 is 2.28 bits per heavy atom. The zero-order valence-electron chi connectivity index (χ0n) is 12.1. The summed E-state index contributed by atoms with van der Waals surface area (Å²) in [7, 11) is 1.73. The Hall–Kier alpha value is -1.46. The predicted octanol–water partition coefficient (Wildman–Crippen LogP) is 1.09. The Morgan fingerprint density at radius 1 is 1.17 bits per heavy atom. The summed E-state index contributed by atoms with van der Waals surface area (Å²) in [4.78, 5) is 15.4. The van der Waals surface area contributed by atoms with E-state index >= 15 is 0 Å². The zero-order chi connectivity index (χ0) is 14.0. The van der Waals surface area contributed by atoms with E-state index in [1.54, 1.807) is 7.05 Å². The minimum atomic E-state index is -0.449. The minimum Gasteiger partial charge on any atom is -0.444 e. The molecule has 6 heteroatoms. The Bertz CT molecular complexity index is 272. The van der Waals surface area contributed by atoms with Gasteiger partial charge in [-0.2, -0.15) is 0 Å². The van der Waals surface area contributed by atoms with E-state index in [0.29, 0.717) is 6.54 Å². The molecule has 0 atom stereocenters. The van der Waals surface area contributed by atoms with Crippen molar-refractivity contribution in [2.24, 2.45) is 4.99 Å². The summed E-state index contributed by atoms with van der Waals surface area (Å²) in [5.41, 5.74) is -0.449. The molecule has 106 valence electrons. The number of hydrogen-bond donors (Lipinski definition) is 3. The lowest BCUT2D eigenvalue weighted by atomic mass is 10.2. The first kappa shape index (κ1) is 16.5. The molecule has 0 spiro atoms. The second-order valence-corrected chi connectivity index (χ2v) is 4.81. The molecule has 0 saturated carbocycles. The molecule has 0 heterocycles. The largest absolute Gasteiger partial charge is 0.444 e. The third-order valence-electron chi connectivity index (χ3n) is 1.88. The maximum atomic E-state index is 11.3. The quantitative estimate of drug-likeness (QED) is 0.392. The highest BCUT2D eigenvalue weighted by atomic mass is 16.6. The van der Waals surface area contributed by atoms with Crippen LogP contribution < -0.4 is 16.0 Å². The Kier molecular flexibility index (Phi) is 7.91. The number of guanidine groups is 1. The lowest BCUT2D eigenvalue weighted by Crippen LogP contribution is -2.39. The van der Waals surface area contributed by atoms with Crippen LogP contribution in [-0.2, 0) is 4.74 Å². The van der Waals surface area contributed by atoms with Gasteiger partial charge in [0.2, 0.25) is 0 Å². The van der Waals surface area contributed by atoms with Crippen molar-refractivity contribution in [2.45, 2.75) is 39.7 Å². The summed E-state index contributed by atoms with van der Waals surface area (Å²) in [6.07, 6.45) is 0.433. The molecular weight excluding hydrogens is 232 g/mol. The van der Waals surface area contributed by atoms with Crippen LogP contribution in [0.1, 0.15) is 34.1 Å². The number of hydrogen-bond acceptors (Lipinski definition) is 3. The van der Waals surface area contributed by atoms with Gasteiger partial charge in [-0.05, 0) is 34.1 Å². The van der Waals surface area contributed by atoms with Gasteiger partial charge < -0.3 is 20.7 Å². The first-order chi connectivity index (χ1) is 8.39. The SMILES string of the molecule is CCNC(=NC)NCCCNC(=O)OC(C)(C)C. The Morgan fingerprint density at radius 2 is 1.78 bits per heavy atom. The highest BCUT2D eigenvalue weighted by molar-refractivity contribution is 5.79. The molecule has 0 fully saturated rings. The van der Waals surface area contributed by atoms with E-state index in [4.69, 9.17) is 4.74 Å². The van der Waals surface area contributed by atoms with Gasteiger partial charge in [0.1, 0.15) is 5.60 Å². The molecule has 0 rings (SSSR count). The van der Waals surface area contributed by atoms with Gasteiger partial charge in [-0.15, -0.1) is 0 Å². The molecule has 3 N–H and O–H groups in total. The van der Waals surface area contributed by atoms with Crippen LogP contribution >= 0.6 is 0 Å². The van der Waals surface area contributed by atoms with Crippen molar-refractivity contribution in [1.82, 2.24) is 16.0 Å². The molecule has 0 aliphatic heterocycles. The van der Waals surface area contributed by atoms with E-state index in [2.05, 4.69) is 20.9 Å². The molecule has 0 saturated heterocycles. The summed E-state index contributed by atoms with van der Waals surface area (Å²) in [5.74, 6) is 0.773. The lowest BCUT2D eigenvalue weighted by Gasteiger charge is -2.19. The van der Waals surface area contributed by atoms with Crippen molar-refractivity contribution in [3.05, 3.63) is 0 Å². The second-order valence-electron chi connectivity index (χ2n) is 4.81. The molecule has 1 amide bonds. The van der Waals surface area contributed by atoms with Crippen LogP contribution in [0.4, 0.5) is 4.79 Å². The molecular formula is C12H26N4O2. The first-order valence-electron chi connectivity index (χ1n) is 6.30. The molecule has 0 bridgehead atoms. The van der Waals surface area contributed by atoms with Crippen molar-refractivity contribution in [3.63, 3.8) is 0 Å².